The lowest BCUT2D eigenvalue weighted by Crippen LogP contribution is -2.39. The maximum Gasteiger partial charge on any atom is 0.191 e. The Labute approximate surface area is 197 Å². The van der Waals surface area contributed by atoms with Gasteiger partial charge in [-0.3, -0.25) is 0 Å². The molecule has 0 radical (unpaired) electrons. The van der Waals surface area contributed by atoms with E-state index in [-0.39, 0.29) is 24.0 Å². The SMILES string of the molecule is CCNC(=NCC(C)(O)c1cccs1)NCCc1csc(-c2ccccc2)n1.I. The van der Waals surface area contributed by atoms with E-state index in [2.05, 4.69) is 33.1 Å². The average molecular weight is 543 g/mol. The first-order chi connectivity index (χ1) is 13.6. The van der Waals surface area contributed by atoms with Gasteiger partial charge in [0.25, 0.3) is 0 Å². The summed E-state index contributed by atoms with van der Waals surface area (Å²) in [5.41, 5.74) is 1.26. The van der Waals surface area contributed by atoms with Gasteiger partial charge in [-0.25, -0.2) is 9.98 Å². The normalized spacial score (nSPS) is 13.4. The number of thiophene rings is 1. The number of nitrogens with one attached hydrogen (secondary N) is 2. The molecule has 0 aliphatic rings. The number of hydrogen-bond acceptors (Lipinski definition) is 5. The molecule has 0 aliphatic heterocycles. The van der Waals surface area contributed by atoms with Crippen LogP contribution < -0.4 is 10.6 Å². The van der Waals surface area contributed by atoms with E-state index in [1.54, 1.807) is 29.6 Å². The molecule has 0 saturated heterocycles. The summed E-state index contributed by atoms with van der Waals surface area (Å²) >= 11 is 3.21. The van der Waals surface area contributed by atoms with Crippen LogP contribution >= 0.6 is 46.7 Å². The molecule has 2 heterocycles. The van der Waals surface area contributed by atoms with E-state index in [4.69, 9.17) is 4.98 Å². The Balaban J connectivity index is 0.00000300. The third-order valence-corrected chi connectivity index (χ3v) is 6.25. The summed E-state index contributed by atoms with van der Waals surface area (Å²) in [6.45, 7) is 5.62. The number of rotatable bonds is 8. The van der Waals surface area contributed by atoms with E-state index in [0.29, 0.717) is 12.5 Å². The average Bonchev–Trinajstić information content (AvgIpc) is 3.39. The first kappa shape index (κ1) is 23.8. The van der Waals surface area contributed by atoms with Crippen LogP contribution in [0.15, 0.2) is 58.2 Å². The second kappa shape index (κ2) is 11.6. The first-order valence-corrected chi connectivity index (χ1v) is 11.1. The zero-order chi connectivity index (χ0) is 19.8. The Kier molecular flexibility index (Phi) is 9.54. The summed E-state index contributed by atoms with van der Waals surface area (Å²) in [4.78, 5) is 10.2. The maximum atomic E-state index is 10.6. The number of hydrogen-bond donors (Lipinski definition) is 3. The lowest BCUT2D eigenvalue weighted by atomic mass is 10.1. The highest BCUT2D eigenvalue weighted by molar-refractivity contribution is 14.0. The second-order valence-electron chi connectivity index (χ2n) is 6.63. The highest BCUT2D eigenvalue weighted by atomic mass is 127. The predicted molar refractivity (Wildman–Crippen MR) is 135 cm³/mol. The van der Waals surface area contributed by atoms with Gasteiger partial charge < -0.3 is 15.7 Å². The van der Waals surface area contributed by atoms with Gasteiger partial charge in [-0.05, 0) is 25.3 Å². The smallest absolute Gasteiger partial charge is 0.191 e. The topological polar surface area (TPSA) is 69.5 Å². The van der Waals surface area contributed by atoms with Crippen molar-refractivity contribution in [2.45, 2.75) is 25.9 Å². The number of nitrogens with zero attached hydrogens (tertiary/aromatic N) is 2. The van der Waals surface area contributed by atoms with Crippen molar-refractivity contribution in [2.24, 2.45) is 4.99 Å². The van der Waals surface area contributed by atoms with Crippen LogP contribution in [0.3, 0.4) is 0 Å². The van der Waals surface area contributed by atoms with Crippen molar-refractivity contribution in [2.75, 3.05) is 19.6 Å². The van der Waals surface area contributed by atoms with Gasteiger partial charge in [0.05, 0.1) is 12.2 Å². The summed E-state index contributed by atoms with van der Waals surface area (Å²) in [6, 6.07) is 14.1. The van der Waals surface area contributed by atoms with E-state index in [1.807, 2.05) is 42.6 Å². The van der Waals surface area contributed by atoms with Crippen LogP contribution in [0.5, 0.6) is 0 Å². The van der Waals surface area contributed by atoms with Gasteiger partial charge in [0.15, 0.2) is 5.96 Å². The molecule has 156 valence electrons. The van der Waals surface area contributed by atoms with Gasteiger partial charge in [-0.15, -0.1) is 46.7 Å². The molecule has 3 rings (SSSR count). The Morgan fingerprint density at radius 1 is 1.14 bits per heavy atom. The minimum Gasteiger partial charge on any atom is -0.383 e. The maximum absolute atomic E-state index is 10.6. The molecule has 2 aromatic heterocycles. The van der Waals surface area contributed by atoms with Crippen LogP contribution in [0, 0.1) is 0 Å². The molecule has 0 saturated carbocycles. The van der Waals surface area contributed by atoms with Crippen molar-refractivity contribution in [3.63, 3.8) is 0 Å². The van der Waals surface area contributed by atoms with Crippen LogP contribution in [0.1, 0.15) is 24.4 Å². The monoisotopic (exact) mass is 542 g/mol. The Morgan fingerprint density at radius 3 is 2.62 bits per heavy atom. The van der Waals surface area contributed by atoms with Crippen molar-refractivity contribution >= 4 is 52.6 Å². The molecule has 3 N–H and O–H groups in total. The van der Waals surface area contributed by atoms with Crippen molar-refractivity contribution in [3.05, 3.63) is 63.8 Å². The van der Waals surface area contributed by atoms with Crippen LogP contribution in [0.25, 0.3) is 10.6 Å². The van der Waals surface area contributed by atoms with Gasteiger partial charge in [0, 0.05) is 35.3 Å². The predicted octanol–water partition coefficient (Wildman–Crippen LogP) is 4.49. The third-order valence-electron chi connectivity index (χ3n) is 4.19. The number of aliphatic imine (C=N–C) groups is 1. The highest BCUT2D eigenvalue weighted by Gasteiger charge is 2.23. The van der Waals surface area contributed by atoms with E-state index in [9.17, 15) is 5.11 Å². The molecule has 8 heteroatoms. The summed E-state index contributed by atoms with van der Waals surface area (Å²) < 4.78 is 0. The number of guanidine groups is 1. The molecule has 0 fully saturated rings. The van der Waals surface area contributed by atoms with E-state index < -0.39 is 5.60 Å². The Morgan fingerprint density at radius 2 is 1.93 bits per heavy atom. The van der Waals surface area contributed by atoms with Crippen molar-refractivity contribution in [1.29, 1.82) is 0 Å². The van der Waals surface area contributed by atoms with E-state index in [1.165, 1.54) is 0 Å². The van der Waals surface area contributed by atoms with Crippen LogP contribution in [0.2, 0.25) is 0 Å². The fraction of sp³-hybridized carbons (Fsp3) is 0.333. The molecule has 0 amide bonds. The first-order valence-electron chi connectivity index (χ1n) is 9.37. The summed E-state index contributed by atoms with van der Waals surface area (Å²) in [7, 11) is 0. The minimum atomic E-state index is -0.962. The zero-order valence-corrected chi connectivity index (χ0v) is 20.6. The van der Waals surface area contributed by atoms with Crippen molar-refractivity contribution < 1.29 is 5.11 Å². The second-order valence-corrected chi connectivity index (χ2v) is 8.44. The summed E-state index contributed by atoms with van der Waals surface area (Å²) in [5.74, 6) is 0.706. The van der Waals surface area contributed by atoms with Crippen LogP contribution in [-0.4, -0.2) is 35.7 Å². The fourth-order valence-electron chi connectivity index (χ4n) is 2.68. The van der Waals surface area contributed by atoms with Gasteiger partial charge in [-0.2, -0.15) is 0 Å². The van der Waals surface area contributed by atoms with E-state index in [0.717, 1.165) is 40.7 Å². The van der Waals surface area contributed by atoms with Crippen LogP contribution in [-0.2, 0) is 12.0 Å². The van der Waals surface area contributed by atoms with Crippen LogP contribution in [0.4, 0.5) is 0 Å². The molecule has 0 bridgehead atoms. The fourth-order valence-corrected chi connectivity index (χ4v) is 4.32. The molecular formula is C21H27IN4OS2. The standard InChI is InChI=1S/C21H26N4OS2.HI/c1-3-22-20(24-15-21(2,26)18-10-7-13-27-18)23-12-11-17-14-28-19(25-17)16-8-5-4-6-9-16;/h4-10,13-14,26H,3,11-12,15H2,1-2H3,(H2,22,23,24);1H. The largest absolute Gasteiger partial charge is 0.383 e. The number of aliphatic hydroxyl groups is 1. The quantitative estimate of drug-likeness (QED) is 0.223. The third kappa shape index (κ3) is 7.06. The van der Waals surface area contributed by atoms with Gasteiger partial charge >= 0.3 is 0 Å². The number of benzene rings is 1. The molecular weight excluding hydrogens is 515 g/mol. The Hall–Kier alpha value is -1.49. The highest BCUT2D eigenvalue weighted by Crippen LogP contribution is 2.25. The number of thiazole rings is 1. The van der Waals surface area contributed by atoms with Gasteiger partial charge in [0.1, 0.15) is 10.6 Å². The number of halogens is 1. The van der Waals surface area contributed by atoms with E-state index >= 15 is 0 Å². The molecule has 5 nitrogen and oxygen atoms in total. The summed E-state index contributed by atoms with van der Waals surface area (Å²) in [5, 5.41) is 22.3. The summed E-state index contributed by atoms with van der Waals surface area (Å²) in [6.07, 6.45) is 0.815. The van der Waals surface area contributed by atoms with Gasteiger partial charge in [0.2, 0.25) is 0 Å². The molecule has 29 heavy (non-hydrogen) atoms. The van der Waals surface area contributed by atoms with Gasteiger partial charge in [-0.1, -0.05) is 36.4 Å². The Bertz CT molecular complexity index is 879. The molecule has 0 spiro atoms. The van der Waals surface area contributed by atoms with Crippen molar-refractivity contribution in [3.8, 4) is 10.6 Å². The van der Waals surface area contributed by atoms with Crippen molar-refractivity contribution in [1.82, 2.24) is 15.6 Å². The molecule has 1 unspecified atom stereocenters. The zero-order valence-electron chi connectivity index (χ0n) is 16.6. The molecule has 1 aromatic carbocycles. The number of aromatic nitrogens is 1. The lowest BCUT2D eigenvalue weighted by Gasteiger charge is -2.20. The molecule has 0 aliphatic carbocycles. The lowest BCUT2D eigenvalue weighted by molar-refractivity contribution is 0.0711. The molecule has 1 atom stereocenters. The minimum absolute atomic E-state index is 0. The molecule has 3 aromatic rings.